The zero-order valence-corrected chi connectivity index (χ0v) is 7.83. The normalized spacial score (nSPS) is 12.8. The molecule has 1 N–H and O–H groups in total. The lowest BCUT2D eigenvalue weighted by atomic mass is 10.0. The Bertz CT molecular complexity index is 243. The summed E-state index contributed by atoms with van der Waals surface area (Å²) in [6.07, 6.45) is 1.13. The molecule has 0 aromatic heterocycles. The summed E-state index contributed by atoms with van der Waals surface area (Å²) in [6, 6.07) is 7.26. The maximum absolute atomic E-state index is 12.1. The van der Waals surface area contributed by atoms with E-state index in [9.17, 15) is 9.50 Å². The molecule has 0 bridgehead atoms. The van der Waals surface area contributed by atoms with E-state index in [0.29, 0.717) is 12.0 Å². The van der Waals surface area contributed by atoms with Crippen molar-refractivity contribution >= 4 is 0 Å². The molecular weight excluding hydrogens is 167 g/mol. The van der Waals surface area contributed by atoms with Gasteiger partial charge in [0.2, 0.25) is 0 Å². The highest BCUT2D eigenvalue weighted by Gasteiger charge is 2.02. The molecule has 1 aromatic carbocycles. The molecule has 0 radical (unpaired) electrons. The number of halogens is 1. The first-order valence-electron chi connectivity index (χ1n) is 4.58. The molecule has 1 aromatic rings. The molecule has 1 nitrogen and oxygen atoms in total. The van der Waals surface area contributed by atoms with E-state index in [-0.39, 0.29) is 6.10 Å². The molecule has 1 unspecified atom stereocenters. The van der Waals surface area contributed by atoms with E-state index >= 15 is 0 Å². The SMILES string of the molecule is CCC(O)Cc1ccc(CF)cc1. The second-order valence-electron chi connectivity index (χ2n) is 3.22. The van der Waals surface area contributed by atoms with Gasteiger partial charge in [-0.3, -0.25) is 0 Å². The number of aliphatic hydroxyl groups excluding tert-OH is 1. The Labute approximate surface area is 78.2 Å². The van der Waals surface area contributed by atoms with Crippen LogP contribution in [-0.4, -0.2) is 11.2 Å². The van der Waals surface area contributed by atoms with Gasteiger partial charge < -0.3 is 5.11 Å². The molecule has 0 saturated heterocycles. The van der Waals surface area contributed by atoms with Crippen molar-refractivity contribution in [2.75, 3.05) is 0 Å². The van der Waals surface area contributed by atoms with Crippen molar-refractivity contribution in [3.8, 4) is 0 Å². The van der Waals surface area contributed by atoms with Crippen LogP contribution in [0.15, 0.2) is 24.3 Å². The van der Waals surface area contributed by atoms with Gasteiger partial charge in [0.15, 0.2) is 0 Å². The molecule has 13 heavy (non-hydrogen) atoms. The predicted octanol–water partition coefficient (Wildman–Crippen LogP) is 2.47. The van der Waals surface area contributed by atoms with Gasteiger partial charge in [-0.05, 0) is 24.0 Å². The fraction of sp³-hybridized carbons (Fsp3) is 0.455. The van der Waals surface area contributed by atoms with Gasteiger partial charge in [-0.2, -0.15) is 0 Å². The first-order valence-corrected chi connectivity index (χ1v) is 4.58. The Morgan fingerprint density at radius 2 is 1.77 bits per heavy atom. The third-order valence-corrected chi connectivity index (χ3v) is 2.12. The lowest BCUT2D eigenvalue weighted by molar-refractivity contribution is 0.171. The fourth-order valence-electron chi connectivity index (χ4n) is 1.18. The lowest BCUT2D eigenvalue weighted by Crippen LogP contribution is -2.08. The van der Waals surface area contributed by atoms with Crippen LogP contribution >= 0.6 is 0 Å². The number of alkyl halides is 1. The Kier molecular flexibility index (Phi) is 3.90. The van der Waals surface area contributed by atoms with Crippen LogP contribution in [0.2, 0.25) is 0 Å². The molecule has 0 amide bonds. The molecule has 0 saturated carbocycles. The van der Waals surface area contributed by atoms with Gasteiger partial charge in [-0.25, -0.2) is 4.39 Å². The van der Waals surface area contributed by atoms with Crippen molar-refractivity contribution in [3.05, 3.63) is 35.4 Å². The van der Waals surface area contributed by atoms with Crippen LogP contribution in [0.25, 0.3) is 0 Å². The largest absolute Gasteiger partial charge is 0.393 e. The quantitative estimate of drug-likeness (QED) is 0.758. The Hall–Kier alpha value is -0.890. The van der Waals surface area contributed by atoms with Gasteiger partial charge in [0.1, 0.15) is 6.67 Å². The average Bonchev–Trinajstić information content (AvgIpc) is 2.19. The minimum atomic E-state index is -0.420. The first-order chi connectivity index (χ1) is 6.26. The van der Waals surface area contributed by atoms with Crippen LogP contribution in [0.4, 0.5) is 4.39 Å². The van der Waals surface area contributed by atoms with E-state index < -0.39 is 6.67 Å². The van der Waals surface area contributed by atoms with Crippen molar-refractivity contribution < 1.29 is 9.50 Å². The smallest absolute Gasteiger partial charge is 0.115 e. The molecule has 1 rings (SSSR count). The van der Waals surface area contributed by atoms with E-state index in [0.717, 1.165) is 12.0 Å². The van der Waals surface area contributed by atoms with Gasteiger partial charge in [0, 0.05) is 0 Å². The van der Waals surface area contributed by atoms with Gasteiger partial charge >= 0.3 is 0 Å². The Morgan fingerprint density at radius 3 is 2.23 bits per heavy atom. The summed E-state index contributed by atoms with van der Waals surface area (Å²) < 4.78 is 12.1. The van der Waals surface area contributed by atoms with E-state index in [1.54, 1.807) is 12.1 Å². The average molecular weight is 182 g/mol. The van der Waals surface area contributed by atoms with Gasteiger partial charge in [-0.1, -0.05) is 31.2 Å². The summed E-state index contributed by atoms with van der Waals surface area (Å²) in [5.41, 5.74) is 1.75. The summed E-state index contributed by atoms with van der Waals surface area (Å²) in [6.45, 7) is 1.53. The van der Waals surface area contributed by atoms with Crippen LogP contribution in [0.3, 0.4) is 0 Å². The van der Waals surface area contributed by atoms with Crippen LogP contribution in [0.5, 0.6) is 0 Å². The van der Waals surface area contributed by atoms with Crippen molar-refractivity contribution in [1.82, 2.24) is 0 Å². The minimum absolute atomic E-state index is 0.281. The highest BCUT2D eigenvalue weighted by atomic mass is 19.1. The zero-order chi connectivity index (χ0) is 9.68. The first kappa shape index (κ1) is 10.2. The Morgan fingerprint density at radius 1 is 1.23 bits per heavy atom. The summed E-state index contributed by atoms with van der Waals surface area (Å²) in [5.74, 6) is 0. The van der Waals surface area contributed by atoms with E-state index in [1.165, 1.54) is 0 Å². The monoisotopic (exact) mass is 182 g/mol. The second kappa shape index (κ2) is 4.97. The van der Waals surface area contributed by atoms with E-state index in [4.69, 9.17) is 0 Å². The minimum Gasteiger partial charge on any atom is -0.393 e. The van der Waals surface area contributed by atoms with Crippen molar-refractivity contribution in [2.45, 2.75) is 32.5 Å². The molecule has 0 aliphatic carbocycles. The van der Waals surface area contributed by atoms with Gasteiger partial charge in [-0.15, -0.1) is 0 Å². The van der Waals surface area contributed by atoms with Crippen molar-refractivity contribution in [3.63, 3.8) is 0 Å². The van der Waals surface area contributed by atoms with Crippen molar-refractivity contribution in [1.29, 1.82) is 0 Å². The van der Waals surface area contributed by atoms with Gasteiger partial charge in [0.25, 0.3) is 0 Å². The maximum atomic E-state index is 12.1. The van der Waals surface area contributed by atoms with E-state index in [2.05, 4.69) is 0 Å². The third kappa shape index (κ3) is 3.15. The highest BCUT2D eigenvalue weighted by Crippen LogP contribution is 2.09. The van der Waals surface area contributed by atoms with E-state index in [1.807, 2.05) is 19.1 Å². The molecule has 1 atom stereocenters. The summed E-state index contributed by atoms with van der Waals surface area (Å²) >= 11 is 0. The number of benzene rings is 1. The molecule has 0 aliphatic rings. The molecule has 0 aliphatic heterocycles. The van der Waals surface area contributed by atoms with Crippen LogP contribution in [-0.2, 0) is 13.1 Å². The maximum Gasteiger partial charge on any atom is 0.115 e. The fourth-order valence-corrected chi connectivity index (χ4v) is 1.18. The summed E-state index contributed by atoms with van der Waals surface area (Å²) in [4.78, 5) is 0. The molecular formula is C11H15FO. The number of aliphatic hydroxyl groups is 1. The Balaban J connectivity index is 2.58. The highest BCUT2D eigenvalue weighted by molar-refractivity contribution is 5.22. The second-order valence-corrected chi connectivity index (χ2v) is 3.22. The zero-order valence-electron chi connectivity index (χ0n) is 7.83. The topological polar surface area (TPSA) is 20.2 Å². The van der Waals surface area contributed by atoms with Crippen molar-refractivity contribution in [2.24, 2.45) is 0 Å². The van der Waals surface area contributed by atoms with Crippen LogP contribution in [0, 0.1) is 0 Å². The number of rotatable bonds is 4. The molecule has 0 fully saturated rings. The van der Waals surface area contributed by atoms with Crippen LogP contribution < -0.4 is 0 Å². The summed E-state index contributed by atoms with van der Waals surface area (Å²) in [5, 5.41) is 9.36. The lowest BCUT2D eigenvalue weighted by Gasteiger charge is -2.07. The summed E-state index contributed by atoms with van der Waals surface area (Å²) in [7, 11) is 0. The molecule has 2 heteroatoms. The van der Waals surface area contributed by atoms with Crippen LogP contribution in [0.1, 0.15) is 24.5 Å². The molecule has 72 valence electrons. The molecule has 0 spiro atoms. The van der Waals surface area contributed by atoms with Gasteiger partial charge in [0.05, 0.1) is 6.10 Å². The standard InChI is InChI=1S/C11H15FO/c1-2-11(13)7-9-3-5-10(8-12)6-4-9/h3-6,11,13H,2,7-8H2,1H3. The predicted molar refractivity (Wildman–Crippen MR) is 51.3 cm³/mol. The number of hydrogen-bond donors (Lipinski definition) is 1. The molecule has 0 heterocycles. The number of hydrogen-bond acceptors (Lipinski definition) is 1. The third-order valence-electron chi connectivity index (χ3n) is 2.12.